The summed E-state index contributed by atoms with van der Waals surface area (Å²) in [6, 6.07) is 6.65. The van der Waals surface area contributed by atoms with Gasteiger partial charge in [0, 0.05) is 12.7 Å². The number of halogens is 3. The molecule has 0 aliphatic rings. The van der Waals surface area contributed by atoms with Gasteiger partial charge in [-0.1, -0.05) is 19.1 Å². The maximum absolute atomic E-state index is 12.6. The molecule has 1 aromatic heterocycles. The molecule has 1 aromatic carbocycles. The van der Waals surface area contributed by atoms with Gasteiger partial charge in [-0.05, 0) is 43.1 Å². The summed E-state index contributed by atoms with van der Waals surface area (Å²) in [6.07, 6.45) is -2.02. The quantitative estimate of drug-likeness (QED) is 0.853. The maximum atomic E-state index is 12.6. The van der Waals surface area contributed by atoms with Crippen LogP contribution in [0.4, 0.5) is 13.2 Å². The lowest BCUT2D eigenvalue weighted by molar-refractivity contribution is -0.141. The summed E-state index contributed by atoms with van der Waals surface area (Å²) in [6.45, 7) is 5.65. The first kappa shape index (κ1) is 15.6. The molecule has 0 aliphatic carbocycles. The summed E-state index contributed by atoms with van der Waals surface area (Å²) in [5, 5.41) is 6.88. The molecule has 0 saturated carbocycles. The molecule has 114 valence electrons. The summed E-state index contributed by atoms with van der Waals surface area (Å²) >= 11 is 0. The molecular formula is C15H18F3N3. The Morgan fingerprint density at radius 1 is 1.24 bits per heavy atom. The number of rotatable bonds is 5. The standard InChI is InChI=1S/C15H18F3N3/c1-3-7-19-10-12-4-5-13(11(2)9-12)21-8-6-14(20-21)15(16,17)18/h4-6,8-9,19H,3,7,10H2,1-2H3. The van der Waals surface area contributed by atoms with Crippen LogP contribution >= 0.6 is 0 Å². The van der Waals surface area contributed by atoms with Gasteiger partial charge in [-0.15, -0.1) is 0 Å². The minimum atomic E-state index is -4.41. The van der Waals surface area contributed by atoms with Gasteiger partial charge in [0.15, 0.2) is 5.69 Å². The number of hydrogen-bond acceptors (Lipinski definition) is 2. The molecule has 0 bridgehead atoms. The Morgan fingerprint density at radius 2 is 2.00 bits per heavy atom. The van der Waals surface area contributed by atoms with Gasteiger partial charge in [0.1, 0.15) is 0 Å². The summed E-state index contributed by atoms with van der Waals surface area (Å²) in [5.74, 6) is 0. The maximum Gasteiger partial charge on any atom is 0.435 e. The largest absolute Gasteiger partial charge is 0.435 e. The van der Waals surface area contributed by atoms with Crippen LogP contribution < -0.4 is 5.32 Å². The molecule has 0 atom stereocenters. The van der Waals surface area contributed by atoms with E-state index in [9.17, 15) is 13.2 Å². The molecule has 0 saturated heterocycles. The zero-order chi connectivity index (χ0) is 15.5. The fourth-order valence-corrected chi connectivity index (χ4v) is 2.10. The van der Waals surface area contributed by atoms with Crippen LogP contribution in [0.1, 0.15) is 30.2 Å². The summed E-state index contributed by atoms with van der Waals surface area (Å²) in [7, 11) is 0. The molecule has 2 aromatic rings. The minimum Gasteiger partial charge on any atom is -0.313 e. The Bertz CT molecular complexity index is 602. The van der Waals surface area contributed by atoms with E-state index < -0.39 is 11.9 Å². The molecule has 2 rings (SSSR count). The molecule has 3 nitrogen and oxygen atoms in total. The Kier molecular flexibility index (Phi) is 4.67. The van der Waals surface area contributed by atoms with Crippen molar-refractivity contribution in [1.29, 1.82) is 0 Å². The third-order valence-electron chi connectivity index (χ3n) is 3.14. The third kappa shape index (κ3) is 3.85. The number of alkyl halides is 3. The lowest BCUT2D eigenvalue weighted by atomic mass is 10.1. The van der Waals surface area contributed by atoms with E-state index in [0.717, 1.165) is 36.7 Å². The van der Waals surface area contributed by atoms with Gasteiger partial charge in [-0.3, -0.25) is 0 Å². The average Bonchev–Trinajstić information content (AvgIpc) is 2.88. The molecule has 0 spiro atoms. The molecule has 1 heterocycles. The van der Waals surface area contributed by atoms with Gasteiger partial charge in [0.2, 0.25) is 0 Å². The van der Waals surface area contributed by atoms with E-state index in [1.54, 1.807) is 6.07 Å². The fraction of sp³-hybridized carbons (Fsp3) is 0.400. The molecule has 21 heavy (non-hydrogen) atoms. The first-order valence-electron chi connectivity index (χ1n) is 6.85. The number of nitrogens with zero attached hydrogens (tertiary/aromatic N) is 2. The fourth-order valence-electron chi connectivity index (χ4n) is 2.10. The van der Waals surface area contributed by atoms with E-state index >= 15 is 0 Å². The normalized spacial score (nSPS) is 11.9. The van der Waals surface area contributed by atoms with Crippen molar-refractivity contribution in [3.63, 3.8) is 0 Å². The second-order valence-electron chi connectivity index (χ2n) is 4.94. The molecule has 0 fully saturated rings. The summed E-state index contributed by atoms with van der Waals surface area (Å²) in [5.41, 5.74) is 1.77. The van der Waals surface area contributed by atoms with Crippen molar-refractivity contribution >= 4 is 0 Å². The highest BCUT2D eigenvalue weighted by molar-refractivity contribution is 5.42. The van der Waals surface area contributed by atoms with Crippen LogP contribution in [0.5, 0.6) is 0 Å². The van der Waals surface area contributed by atoms with Gasteiger partial charge >= 0.3 is 6.18 Å². The number of nitrogens with one attached hydrogen (secondary N) is 1. The molecule has 0 aliphatic heterocycles. The highest BCUT2D eigenvalue weighted by Gasteiger charge is 2.33. The predicted octanol–water partition coefficient (Wildman–Crippen LogP) is 3.70. The van der Waals surface area contributed by atoms with Gasteiger partial charge in [-0.2, -0.15) is 18.3 Å². The topological polar surface area (TPSA) is 29.9 Å². The lowest BCUT2D eigenvalue weighted by Crippen LogP contribution is -2.14. The van der Waals surface area contributed by atoms with Gasteiger partial charge in [-0.25, -0.2) is 4.68 Å². The van der Waals surface area contributed by atoms with Crippen molar-refractivity contribution in [1.82, 2.24) is 15.1 Å². The van der Waals surface area contributed by atoms with Crippen molar-refractivity contribution in [2.45, 2.75) is 33.0 Å². The second-order valence-corrected chi connectivity index (χ2v) is 4.94. The molecule has 0 radical (unpaired) electrons. The zero-order valence-electron chi connectivity index (χ0n) is 12.0. The number of aromatic nitrogens is 2. The van der Waals surface area contributed by atoms with Crippen molar-refractivity contribution in [2.24, 2.45) is 0 Å². The van der Waals surface area contributed by atoms with Crippen LogP contribution in [0.2, 0.25) is 0 Å². The van der Waals surface area contributed by atoms with Gasteiger partial charge in [0.25, 0.3) is 0 Å². The van der Waals surface area contributed by atoms with Crippen molar-refractivity contribution in [3.8, 4) is 5.69 Å². The zero-order valence-corrected chi connectivity index (χ0v) is 12.0. The average molecular weight is 297 g/mol. The monoisotopic (exact) mass is 297 g/mol. The van der Waals surface area contributed by atoms with Gasteiger partial charge < -0.3 is 5.32 Å². The number of benzene rings is 1. The highest BCUT2D eigenvalue weighted by Crippen LogP contribution is 2.28. The van der Waals surface area contributed by atoms with Gasteiger partial charge in [0.05, 0.1) is 5.69 Å². The van der Waals surface area contributed by atoms with E-state index in [1.807, 2.05) is 19.1 Å². The van der Waals surface area contributed by atoms with Crippen LogP contribution in [-0.2, 0) is 12.7 Å². The van der Waals surface area contributed by atoms with Crippen LogP contribution in [-0.4, -0.2) is 16.3 Å². The molecule has 1 N–H and O–H groups in total. The summed E-state index contributed by atoms with van der Waals surface area (Å²) < 4.78 is 39.0. The first-order valence-corrected chi connectivity index (χ1v) is 6.85. The van der Waals surface area contributed by atoms with E-state index in [0.29, 0.717) is 5.69 Å². The van der Waals surface area contributed by atoms with Crippen LogP contribution in [0.3, 0.4) is 0 Å². The van der Waals surface area contributed by atoms with E-state index in [4.69, 9.17) is 0 Å². The molecular weight excluding hydrogens is 279 g/mol. The SMILES string of the molecule is CCCNCc1ccc(-n2ccc(C(F)(F)F)n2)c(C)c1. The summed E-state index contributed by atoms with van der Waals surface area (Å²) in [4.78, 5) is 0. The van der Waals surface area contributed by atoms with E-state index in [2.05, 4.69) is 17.3 Å². The van der Waals surface area contributed by atoms with Crippen molar-refractivity contribution in [3.05, 3.63) is 47.3 Å². The minimum absolute atomic E-state index is 0.657. The number of hydrogen-bond donors (Lipinski definition) is 1. The third-order valence-corrected chi connectivity index (χ3v) is 3.14. The number of aryl methyl sites for hydroxylation is 1. The van der Waals surface area contributed by atoms with Crippen LogP contribution in [0.15, 0.2) is 30.5 Å². The van der Waals surface area contributed by atoms with E-state index in [-0.39, 0.29) is 0 Å². The Hall–Kier alpha value is -1.82. The van der Waals surface area contributed by atoms with Crippen molar-refractivity contribution in [2.75, 3.05) is 6.54 Å². The Morgan fingerprint density at radius 3 is 2.57 bits per heavy atom. The lowest BCUT2D eigenvalue weighted by Gasteiger charge is -2.09. The molecule has 0 unspecified atom stereocenters. The highest BCUT2D eigenvalue weighted by atomic mass is 19.4. The Labute approximate surface area is 121 Å². The van der Waals surface area contributed by atoms with E-state index in [1.165, 1.54) is 10.9 Å². The predicted molar refractivity (Wildman–Crippen MR) is 75.3 cm³/mol. The first-order chi connectivity index (χ1) is 9.91. The van der Waals surface area contributed by atoms with Crippen molar-refractivity contribution < 1.29 is 13.2 Å². The molecule has 6 heteroatoms. The second kappa shape index (κ2) is 6.30. The molecule has 0 amide bonds. The van der Waals surface area contributed by atoms with Crippen LogP contribution in [0.25, 0.3) is 5.69 Å². The van der Waals surface area contributed by atoms with Crippen LogP contribution in [0, 0.1) is 6.92 Å². The smallest absolute Gasteiger partial charge is 0.313 e. The Balaban J connectivity index is 2.19.